The summed E-state index contributed by atoms with van der Waals surface area (Å²) < 4.78 is 5.50. The summed E-state index contributed by atoms with van der Waals surface area (Å²) in [6, 6.07) is 3.71. The molecule has 1 aromatic rings. The van der Waals surface area contributed by atoms with Gasteiger partial charge in [-0.15, -0.1) is 0 Å². The molecule has 0 saturated heterocycles. The fourth-order valence-corrected chi connectivity index (χ4v) is 1.85. The molecule has 0 fully saturated rings. The molecule has 0 aliphatic rings. The van der Waals surface area contributed by atoms with E-state index in [2.05, 4.69) is 6.92 Å². The highest BCUT2D eigenvalue weighted by atomic mass is 35.5. The van der Waals surface area contributed by atoms with Crippen LogP contribution in [0.4, 0.5) is 0 Å². The van der Waals surface area contributed by atoms with E-state index in [-0.39, 0.29) is 0 Å². The molecule has 0 saturated carbocycles. The van der Waals surface area contributed by atoms with Crippen LogP contribution in [0.5, 0.6) is 5.75 Å². The number of rotatable bonds is 4. The standard InChI is InChI=1S/C11H14Cl2O.3C2H6/c1-3-4-5-14-11-9(12)6-8(2)7-10(11)13;3*1-2/h6-7H,3-5H2,1-2H3;3*1-2H3. The molecule has 1 aromatic carbocycles. The first kappa shape index (κ1) is 24.6. The van der Waals surface area contributed by atoms with Crippen molar-refractivity contribution < 1.29 is 4.74 Å². The topological polar surface area (TPSA) is 9.23 Å². The second-order valence-corrected chi connectivity index (χ2v) is 4.07. The molecule has 1 rings (SSSR count). The number of ether oxygens (including phenoxy) is 1. The number of unbranched alkanes of at least 4 members (excludes halogenated alkanes) is 1. The van der Waals surface area contributed by atoms with Gasteiger partial charge < -0.3 is 4.74 Å². The van der Waals surface area contributed by atoms with Gasteiger partial charge in [0.1, 0.15) is 0 Å². The van der Waals surface area contributed by atoms with Crippen LogP contribution in [0.2, 0.25) is 10.0 Å². The summed E-state index contributed by atoms with van der Waals surface area (Å²) in [6.07, 6.45) is 2.11. The average Bonchev–Trinajstić information content (AvgIpc) is 2.48. The molecular weight excluding hydrogens is 291 g/mol. The molecule has 1 nitrogen and oxygen atoms in total. The van der Waals surface area contributed by atoms with Crippen LogP contribution in [-0.2, 0) is 0 Å². The summed E-state index contributed by atoms with van der Waals surface area (Å²) >= 11 is 12.0. The van der Waals surface area contributed by atoms with E-state index in [1.807, 2.05) is 60.6 Å². The first-order chi connectivity index (χ1) is 9.65. The monoisotopic (exact) mass is 322 g/mol. The van der Waals surface area contributed by atoms with Crippen LogP contribution < -0.4 is 4.74 Å². The van der Waals surface area contributed by atoms with Crippen molar-refractivity contribution in [2.45, 2.75) is 68.2 Å². The molecule has 0 amide bonds. The lowest BCUT2D eigenvalue weighted by Gasteiger charge is -2.09. The van der Waals surface area contributed by atoms with Crippen molar-refractivity contribution in [3.8, 4) is 5.75 Å². The van der Waals surface area contributed by atoms with Gasteiger partial charge in [0, 0.05) is 0 Å². The molecule has 0 heterocycles. The summed E-state index contributed by atoms with van der Waals surface area (Å²) in [5.41, 5.74) is 1.04. The van der Waals surface area contributed by atoms with Crippen molar-refractivity contribution in [2.24, 2.45) is 0 Å². The van der Waals surface area contributed by atoms with Crippen LogP contribution in [0.3, 0.4) is 0 Å². The highest BCUT2D eigenvalue weighted by Gasteiger charge is 2.07. The summed E-state index contributed by atoms with van der Waals surface area (Å²) in [5, 5.41) is 1.18. The van der Waals surface area contributed by atoms with Crippen LogP contribution in [0, 0.1) is 6.92 Å². The van der Waals surface area contributed by atoms with Gasteiger partial charge in [-0.3, -0.25) is 0 Å². The molecule has 20 heavy (non-hydrogen) atoms. The van der Waals surface area contributed by atoms with E-state index in [1.54, 1.807) is 0 Å². The first-order valence-corrected chi connectivity index (χ1v) is 8.49. The largest absolute Gasteiger partial charge is 0.490 e. The van der Waals surface area contributed by atoms with Gasteiger partial charge in [-0.05, 0) is 31.0 Å². The van der Waals surface area contributed by atoms with Crippen LogP contribution in [0.15, 0.2) is 12.1 Å². The predicted molar refractivity (Wildman–Crippen MR) is 95.6 cm³/mol. The van der Waals surface area contributed by atoms with Gasteiger partial charge in [0.15, 0.2) is 5.75 Å². The maximum absolute atomic E-state index is 6.00. The van der Waals surface area contributed by atoms with E-state index < -0.39 is 0 Å². The molecular formula is C17H32Cl2O. The minimum atomic E-state index is 0.589. The van der Waals surface area contributed by atoms with E-state index in [1.165, 1.54) is 0 Å². The number of aryl methyl sites for hydroxylation is 1. The number of hydrogen-bond acceptors (Lipinski definition) is 1. The SMILES string of the molecule is CC.CC.CC.CCCCOc1c(Cl)cc(C)cc1Cl. The van der Waals surface area contributed by atoms with Gasteiger partial charge in [0.05, 0.1) is 16.7 Å². The van der Waals surface area contributed by atoms with Gasteiger partial charge >= 0.3 is 0 Å². The minimum Gasteiger partial charge on any atom is -0.490 e. The highest BCUT2D eigenvalue weighted by molar-refractivity contribution is 6.37. The number of hydrogen-bond donors (Lipinski definition) is 0. The minimum absolute atomic E-state index is 0.589. The van der Waals surface area contributed by atoms with Crippen LogP contribution >= 0.6 is 23.2 Å². The summed E-state index contributed by atoms with van der Waals surface area (Å²) in [6.45, 7) is 16.7. The van der Waals surface area contributed by atoms with E-state index in [4.69, 9.17) is 27.9 Å². The second kappa shape index (κ2) is 18.6. The second-order valence-electron chi connectivity index (χ2n) is 3.26. The maximum atomic E-state index is 6.00. The Morgan fingerprint density at radius 3 is 1.65 bits per heavy atom. The van der Waals surface area contributed by atoms with E-state index in [9.17, 15) is 0 Å². The van der Waals surface area contributed by atoms with Gasteiger partial charge in [0.2, 0.25) is 0 Å². The normalized spacial score (nSPS) is 8.10. The Morgan fingerprint density at radius 2 is 1.30 bits per heavy atom. The van der Waals surface area contributed by atoms with Crippen molar-refractivity contribution in [1.29, 1.82) is 0 Å². The molecule has 0 unspecified atom stereocenters. The molecule has 0 bridgehead atoms. The Bertz CT molecular complexity index is 289. The van der Waals surface area contributed by atoms with Gasteiger partial charge in [-0.1, -0.05) is 78.1 Å². The van der Waals surface area contributed by atoms with Crippen molar-refractivity contribution in [3.05, 3.63) is 27.7 Å². The summed E-state index contributed by atoms with van der Waals surface area (Å²) in [7, 11) is 0. The highest BCUT2D eigenvalue weighted by Crippen LogP contribution is 2.34. The fourth-order valence-electron chi connectivity index (χ4n) is 1.14. The molecule has 3 heteroatoms. The Labute approximate surface area is 136 Å². The lowest BCUT2D eigenvalue weighted by Crippen LogP contribution is -1.97. The van der Waals surface area contributed by atoms with Crippen molar-refractivity contribution >= 4 is 23.2 Å². The lowest BCUT2D eigenvalue weighted by atomic mass is 10.2. The quantitative estimate of drug-likeness (QED) is 0.519. The van der Waals surface area contributed by atoms with Gasteiger partial charge in [-0.25, -0.2) is 0 Å². The zero-order chi connectivity index (χ0) is 16.6. The molecule has 0 N–H and O–H groups in total. The zero-order valence-electron chi connectivity index (χ0n) is 14.4. The van der Waals surface area contributed by atoms with Crippen molar-refractivity contribution in [1.82, 2.24) is 0 Å². The first-order valence-electron chi connectivity index (χ1n) is 7.73. The third-order valence-electron chi connectivity index (χ3n) is 1.89. The van der Waals surface area contributed by atoms with Crippen LogP contribution in [0.1, 0.15) is 66.9 Å². The molecule has 0 aliphatic heterocycles. The van der Waals surface area contributed by atoms with Gasteiger partial charge in [-0.2, -0.15) is 0 Å². The van der Waals surface area contributed by atoms with Crippen molar-refractivity contribution in [2.75, 3.05) is 6.61 Å². The average molecular weight is 323 g/mol. The van der Waals surface area contributed by atoms with Crippen molar-refractivity contribution in [3.63, 3.8) is 0 Å². The predicted octanol–water partition coefficient (Wildman–Crippen LogP) is 7.56. The smallest absolute Gasteiger partial charge is 0.156 e. The van der Waals surface area contributed by atoms with Gasteiger partial charge in [0.25, 0.3) is 0 Å². The fraction of sp³-hybridized carbons (Fsp3) is 0.647. The zero-order valence-corrected chi connectivity index (χ0v) is 16.0. The number of benzene rings is 1. The van der Waals surface area contributed by atoms with Crippen LogP contribution in [0.25, 0.3) is 0 Å². The Hall–Kier alpha value is -0.400. The third-order valence-corrected chi connectivity index (χ3v) is 2.45. The molecule has 0 atom stereocenters. The van der Waals surface area contributed by atoms with E-state index in [0.29, 0.717) is 22.4 Å². The Morgan fingerprint density at radius 1 is 0.900 bits per heavy atom. The lowest BCUT2D eigenvalue weighted by molar-refractivity contribution is 0.309. The Balaban J connectivity index is -0.000000425. The third kappa shape index (κ3) is 11.4. The number of halogens is 2. The summed E-state index contributed by atoms with van der Waals surface area (Å²) in [4.78, 5) is 0. The molecule has 0 spiro atoms. The molecule has 0 radical (unpaired) electrons. The molecule has 0 aromatic heterocycles. The Kier molecular flexibility index (Phi) is 22.9. The molecule has 120 valence electrons. The summed E-state index contributed by atoms with van der Waals surface area (Å²) in [5.74, 6) is 0.604. The van der Waals surface area contributed by atoms with Crippen LogP contribution in [-0.4, -0.2) is 6.61 Å². The maximum Gasteiger partial charge on any atom is 0.156 e. The van der Waals surface area contributed by atoms with E-state index in [0.717, 1.165) is 18.4 Å². The van der Waals surface area contributed by atoms with E-state index >= 15 is 0 Å². The molecule has 0 aliphatic carbocycles.